The zero-order valence-corrected chi connectivity index (χ0v) is 9.57. The zero-order chi connectivity index (χ0) is 11.7. The first-order valence-corrected chi connectivity index (χ1v) is 5.71. The summed E-state index contributed by atoms with van der Waals surface area (Å²) in [4.78, 5) is 10.8. The molecule has 0 fully saturated rings. The first-order chi connectivity index (χ1) is 7.58. The van der Waals surface area contributed by atoms with Crippen LogP contribution in [0.1, 0.15) is 29.9 Å². The number of benzene rings is 1. The number of rotatable bonds is 2. The van der Waals surface area contributed by atoms with Crippen LogP contribution in [-0.4, -0.2) is 17.1 Å². The summed E-state index contributed by atoms with van der Waals surface area (Å²) in [6.45, 7) is 0. The second-order valence-electron chi connectivity index (χ2n) is 4.25. The molecule has 4 heteroatoms. The van der Waals surface area contributed by atoms with E-state index < -0.39 is 5.97 Å². The quantitative estimate of drug-likeness (QED) is 0.832. The number of aliphatic carboxylic acids is 1. The molecule has 0 spiro atoms. The van der Waals surface area contributed by atoms with Crippen molar-refractivity contribution in [2.24, 2.45) is 5.73 Å². The van der Waals surface area contributed by atoms with Gasteiger partial charge in [0.1, 0.15) is 0 Å². The van der Waals surface area contributed by atoms with Crippen molar-refractivity contribution in [2.45, 2.75) is 31.2 Å². The third-order valence-electron chi connectivity index (χ3n) is 3.16. The Morgan fingerprint density at radius 2 is 2.31 bits per heavy atom. The number of aryl methyl sites for hydroxylation is 1. The molecule has 0 radical (unpaired) electrons. The molecule has 2 rings (SSSR count). The van der Waals surface area contributed by atoms with E-state index >= 15 is 0 Å². The lowest BCUT2D eigenvalue weighted by molar-refractivity contribution is -0.137. The molecule has 0 bridgehead atoms. The zero-order valence-electron chi connectivity index (χ0n) is 8.82. The molecule has 86 valence electrons. The van der Waals surface area contributed by atoms with Gasteiger partial charge in [-0.3, -0.25) is 4.79 Å². The Morgan fingerprint density at radius 1 is 1.56 bits per heavy atom. The molecule has 1 aliphatic rings. The van der Waals surface area contributed by atoms with Gasteiger partial charge in [0, 0.05) is 17.0 Å². The Kier molecular flexibility index (Phi) is 3.17. The SMILES string of the molecule is NC1CCc2cc(Cl)ccc2C1CC(=O)O. The first-order valence-electron chi connectivity index (χ1n) is 5.33. The highest BCUT2D eigenvalue weighted by molar-refractivity contribution is 6.30. The normalized spacial score (nSPS) is 23.9. The second kappa shape index (κ2) is 4.44. The van der Waals surface area contributed by atoms with Gasteiger partial charge < -0.3 is 10.8 Å². The summed E-state index contributed by atoms with van der Waals surface area (Å²) in [6.07, 6.45) is 1.80. The molecular formula is C12H14ClNO2. The van der Waals surface area contributed by atoms with Crippen molar-refractivity contribution in [1.29, 1.82) is 0 Å². The van der Waals surface area contributed by atoms with Crippen LogP contribution in [0.25, 0.3) is 0 Å². The van der Waals surface area contributed by atoms with Gasteiger partial charge in [-0.2, -0.15) is 0 Å². The monoisotopic (exact) mass is 239 g/mol. The molecule has 2 unspecified atom stereocenters. The molecule has 0 aromatic heterocycles. The molecule has 2 atom stereocenters. The van der Waals surface area contributed by atoms with Gasteiger partial charge in [-0.05, 0) is 36.1 Å². The molecule has 1 aliphatic carbocycles. The van der Waals surface area contributed by atoms with E-state index in [1.54, 1.807) is 6.07 Å². The Balaban J connectivity index is 2.36. The first kappa shape index (κ1) is 11.4. The number of carboxylic acids is 1. The van der Waals surface area contributed by atoms with Crippen LogP contribution in [0.3, 0.4) is 0 Å². The Bertz CT molecular complexity index is 419. The van der Waals surface area contributed by atoms with Crippen LogP contribution >= 0.6 is 11.6 Å². The van der Waals surface area contributed by atoms with E-state index in [1.807, 2.05) is 12.1 Å². The maximum atomic E-state index is 10.8. The summed E-state index contributed by atoms with van der Waals surface area (Å²) in [6, 6.07) is 5.56. The summed E-state index contributed by atoms with van der Waals surface area (Å²) in [7, 11) is 0. The predicted molar refractivity (Wildman–Crippen MR) is 62.7 cm³/mol. The predicted octanol–water partition coefficient (Wildman–Crippen LogP) is 2.17. The summed E-state index contributed by atoms with van der Waals surface area (Å²) >= 11 is 5.92. The van der Waals surface area contributed by atoms with E-state index in [9.17, 15) is 4.79 Å². The highest BCUT2D eigenvalue weighted by atomic mass is 35.5. The van der Waals surface area contributed by atoms with Crippen LogP contribution in [0.15, 0.2) is 18.2 Å². The van der Waals surface area contributed by atoms with E-state index in [0.717, 1.165) is 24.0 Å². The molecule has 16 heavy (non-hydrogen) atoms. The topological polar surface area (TPSA) is 63.3 Å². The minimum Gasteiger partial charge on any atom is -0.481 e. The lowest BCUT2D eigenvalue weighted by atomic mass is 9.78. The van der Waals surface area contributed by atoms with Gasteiger partial charge in [0.15, 0.2) is 0 Å². The molecular weight excluding hydrogens is 226 g/mol. The van der Waals surface area contributed by atoms with Gasteiger partial charge >= 0.3 is 5.97 Å². The van der Waals surface area contributed by atoms with Crippen molar-refractivity contribution in [2.75, 3.05) is 0 Å². The highest BCUT2D eigenvalue weighted by Gasteiger charge is 2.28. The minimum atomic E-state index is -0.803. The van der Waals surface area contributed by atoms with Gasteiger partial charge in [-0.25, -0.2) is 0 Å². The lowest BCUT2D eigenvalue weighted by Crippen LogP contribution is -2.34. The fraction of sp³-hybridized carbons (Fsp3) is 0.417. The van der Waals surface area contributed by atoms with E-state index in [-0.39, 0.29) is 18.4 Å². The number of hydrogen-bond acceptors (Lipinski definition) is 2. The van der Waals surface area contributed by atoms with Gasteiger partial charge in [0.2, 0.25) is 0 Å². The minimum absolute atomic E-state index is 0.0650. The molecule has 1 aromatic rings. The lowest BCUT2D eigenvalue weighted by Gasteiger charge is -2.30. The molecule has 0 amide bonds. The molecule has 1 aromatic carbocycles. The van der Waals surface area contributed by atoms with Crippen molar-refractivity contribution in [3.63, 3.8) is 0 Å². The van der Waals surface area contributed by atoms with Crippen molar-refractivity contribution in [3.05, 3.63) is 34.3 Å². The summed E-state index contributed by atoms with van der Waals surface area (Å²) in [5.74, 6) is -0.887. The number of nitrogens with two attached hydrogens (primary N) is 1. The Hall–Kier alpha value is -1.06. The summed E-state index contributed by atoms with van der Waals surface area (Å²) in [5.41, 5.74) is 8.17. The molecule has 3 nitrogen and oxygen atoms in total. The second-order valence-corrected chi connectivity index (χ2v) is 4.69. The van der Waals surface area contributed by atoms with Crippen LogP contribution < -0.4 is 5.73 Å². The number of hydrogen-bond donors (Lipinski definition) is 2. The number of carbonyl (C=O) groups is 1. The van der Waals surface area contributed by atoms with Crippen LogP contribution in [0.2, 0.25) is 5.02 Å². The van der Waals surface area contributed by atoms with Crippen molar-refractivity contribution < 1.29 is 9.90 Å². The number of halogens is 1. The third-order valence-corrected chi connectivity index (χ3v) is 3.40. The fourth-order valence-electron chi connectivity index (χ4n) is 2.36. The average Bonchev–Trinajstić information content (AvgIpc) is 2.22. The number of fused-ring (bicyclic) bond motifs is 1. The highest BCUT2D eigenvalue weighted by Crippen LogP contribution is 2.34. The van der Waals surface area contributed by atoms with Gasteiger partial charge in [-0.1, -0.05) is 17.7 Å². The van der Waals surface area contributed by atoms with E-state index in [2.05, 4.69) is 0 Å². The maximum absolute atomic E-state index is 10.8. The molecule has 3 N–H and O–H groups in total. The summed E-state index contributed by atoms with van der Waals surface area (Å²) < 4.78 is 0. The van der Waals surface area contributed by atoms with E-state index in [0.29, 0.717) is 5.02 Å². The van der Waals surface area contributed by atoms with Crippen molar-refractivity contribution in [1.82, 2.24) is 0 Å². The van der Waals surface area contributed by atoms with Crippen LogP contribution in [0, 0.1) is 0 Å². The van der Waals surface area contributed by atoms with E-state index in [1.165, 1.54) is 0 Å². The van der Waals surface area contributed by atoms with Crippen molar-refractivity contribution in [3.8, 4) is 0 Å². The fourth-order valence-corrected chi connectivity index (χ4v) is 2.55. The molecule has 0 heterocycles. The third kappa shape index (κ3) is 2.20. The van der Waals surface area contributed by atoms with Crippen LogP contribution in [-0.2, 0) is 11.2 Å². The molecule has 0 saturated heterocycles. The largest absolute Gasteiger partial charge is 0.481 e. The smallest absolute Gasteiger partial charge is 0.304 e. The van der Waals surface area contributed by atoms with Crippen molar-refractivity contribution >= 4 is 17.6 Å². The Morgan fingerprint density at radius 3 is 3.00 bits per heavy atom. The maximum Gasteiger partial charge on any atom is 0.304 e. The van der Waals surface area contributed by atoms with E-state index in [4.69, 9.17) is 22.4 Å². The molecule has 0 aliphatic heterocycles. The molecule has 0 saturated carbocycles. The standard InChI is InChI=1S/C12H14ClNO2/c13-8-2-3-9-7(5-8)1-4-11(14)10(9)6-12(15)16/h2-3,5,10-11H,1,4,6,14H2,(H,15,16). The van der Waals surface area contributed by atoms with Gasteiger partial charge in [0.05, 0.1) is 6.42 Å². The number of carboxylic acid groups (broad SMARTS) is 1. The average molecular weight is 240 g/mol. The van der Waals surface area contributed by atoms with Gasteiger partial charge in [-0.15, -0.1) is 0 Å². The van der Waals surface area contributed by atoms with Gasteiger partial charge in [0.25, 0.3) is 0 Å². The summed E-state index contributed by atoms with van der Waals surface area (Å²) in [5, 5.41) is 9.58. The van der Waals surface area contributed by atoms with Crippen LogP contribution in [0.5, 0.6) is 0 Å². The van der Waals surface area contributed by atoms with Crippen LogP contribution in [0.4, 0.5) is 0 Å². The Labute approximate surface area is 99.2 Å².